The lowest BCUT2D eigenvalue weighted by molar-refractivity contribution is -0.118. The van der Waals surface area contributed by atoms with Crippen LogP contribution in [0.1, 0.15) is 12.0 Å². The van der Waals surface area contributed by atoms with E-state index < -0.39 is 12.1 Å². The van der Waals surface area contributed by atoms with Crippen molar-refractivity contribution in [2.75, 3.05) is 31.0 Å². The minimum Gasteiger partial charge on any atom is -0.497 e. The number of halogens is 1. The minimum atomic E-state index is -0.665. The highest BCUT2D eigenvalue weighted by atomic mass is 19.1. The number of aryl methyl sites for hydroxylation is 1. The number of hydrogen-bond donors (Lipinski definition) is 2. The Kier molecular flexibility index (Phi) is 5.67. The first-order valence-electron chi connectivity index (χ1n) is 8.80. The van der Waals surface area contributed by atoms with Crippen molar-refractivity contribution in [1.29, 1.82) is 0 Å². The number of anilines is 2. The lowest BCUT2D eigenvalue weighted by Gasteiger charge is -2.18. The topological polar surface area (TPSA) is 79.9 Å². The van der Waals surface area contributed by atoms with Crippen molar-refractivity contribution >= 4 is 23.3 Å². The summed E-state index contributed by atoms with van der Waals surface area (Å²) in [5.74, 6) is 0.471. The highest BCUT2D eigenvalue weighted by molar-refractivity contribution is 6.02. The Hall–Kier alpha value is -3.29. The maximum Gasteiger partial charge on any atom is 0.319 e. The van der Waals surface area contributed by atoms with Crippen molar-refractivity contribution < 1.29 is 23.5 Å². The minimum absolute atomic E-state index is 0.237. The first kappa shape index (κ1) is 19.5. The molecule has 8 heteroatoms. The Morgan fingerprint density at radius 1 is 1.18 bits per heavy atom. The monoisotopic (exact) mass is 387 g/mol. The quantitative estimate of drug-likeness (QED) is 0.826. The molecule has 1 unspecified atom stereocenters. The van der Waals surface area contributed by atoms with Gasteiger partial charge in [0.15, 0.2) is 0 Å². The zero-order chi connectivity index (χ0) is 20.3. The Labute approximate surface area is 162 Å². The predicted molar refractivity (Wildman–Crippen MR) is 104 cm³/mol. The number of hydrogen-bond acceptors (Lipinski definition) is 4. The van der Waals surface area contributed by atoms with Crippen molar-refractivity contribution in [1.82, 2.24) is 5.32 Å². The van der Waals surface area contributed by atoms with Crippen molar-refractivity contribution in [3.63, 3.8) is 0 Å². The number of nitrogens with zero attached hydrogens (tertiary/aromatic N) is 1. The molecule has 2 aromatic carbocycles. The Balaban J connectivity index is 1.67. The van der Waals surface area contributed by atoms with Crippen LogP contribution < -0.4 is 25.0 Å². The molecule has 0 aromatic heterocycles. The number of rotatable bonds is 5. The van der Waals surface area contributed by atoms with Crippen LogP contribution in [0.5, 0.6) is 11.5 Å². The number of urea groups is 1. The lowest BCUT2D eigenvalue weighted by atomic mass is 10.2. The van der Waals surface area contributed by atoms with Gasteiger partial charge in [0.05, 0.1) is 19.9 Å². The summed E-state index contributed by atoms with van der Waals surface area (Å²) in [5.41, 5.74) is 1.50. The van der Waals surface area contributed by atoms with Gasteiger partial charge in [0, 0.05) is 18.3 Å². The molecule has 28 heavy (non-hydrogen) atoms. The molecular formula is C20H22FN3O4. The van der Waals surface area contributed by atoms with Gasteiger partial charge in [0.25, 0.3) is 0 Å². The molecular weight excluding hydrogens is 365 g/mol. The summed E-state index contributed by atoms with van der Waals surface area (Å²) in [6.45, 7) is 2.08. The van der Waals surface area contributed by atoms with E-state index in [2.05, 4.69) is 10.6 Å². The molecule has 1 atom stereocenters. The normalized spacial score (nSPS) is 16.1. The number of carbonyl (C=O) groups excluding carboxylic acids is 2. The second-order valence-electron chi connectivity index (χ2n) is 6.43. The maximum absolute atomic E-state index is 13.5. The third-order valence-corrected chi connectivity index (χ3v) is 4.62. The molecule has 0 spiro atoms. The molecule has 1 aliphatic heterocycles. The molecule has 148 valence electrons. The highest BCUT2D eigenvalue weighted by Crippen LogP contribution is 2.29. The van der Waals surface area contributed by atoms with Crippen LogP contribution >= 0.6 is 0 Å². The summed E-state index contributed by atoms with van der Waals surface area (Å²) in [5, 5.41) is 5.36. The predicted octanol–water partition coefficient (Wildman–Crippen LogP) is 3.08. The fraction of sp³-hybridized carbons (Fsp3) is 0.300. The number of benzene rings is 2. The Morgan fingerprint density at radius 3 is 2.64 bits per heavy atom. The van der Waals surface area contributed by atoms with Gasteiger partial charge in [0.2, 0.25) is 5.91 Å². The molecule has 0 radical (unpaired) electrons. The fourth-order valence-electron chi connectivity index (χ4n) is 3.10. The number of methoxy groups -OCH3 is 2. The van der Waals surface area contributed by atoms with Crippen molar-refractivity contribution in [2.45, 2.75) is 19.4 Å². The average Bonchev–Trinajstić information content (AvgIpc) is 3.04. The second-order valence-corrected chi connectivity index (χ2v) is 6.43. The van der Waals surface area contributed by atoms with E-state index in [1.165, 1.54) is 20.3 Å². The third kappa shape index (κ3) is 4.00. The number of nitrogens with one attached hydrogen (secondary N) is 2. The molecule has 2 aromatic rings. The summed E-state index contributed by atoms with van der Waals surface area (Å²) in [4.78, 5) is 26.6. The summed E-state index contributed by atoms with van der Waals surface area (Å²) in [6.07, 6.45) is 0.456. The van der Waals surface area contributed by atoms with Gasteiger partial charge in [-0.05, 0) is 49.2 Å². The number of amides is 3. The van der Waals surface area contributed by atoms with Gasteiger partial charge < -0.3 is 25.0 Å². The van der Waals surface area contributed by atoms with Crippen LogP contribution in [0.2, 0.25) is 0 Å². The van der Waals surface area contributed by atoms with Gasteiger partial charge >= 0.3 is 6.03 Å². The van der Waals surface area contributed by atoms with E-state index in [0.29, 0.717) is 41.4 Å². The SMILES string of the molecule is COc1ccc(OC)c(NC(=O)NC2CCN(c3ccc(F)c(C)c3)C2=O)c1. The smallest absolute Gasteiger partial charge is 0.319 e. The molecule has 0 saturated carbocycles. The summed E-state index contributed by atoms with van der Waals surface area (Å²) < 4.78 is 23.8. The van der Waals surface area contributed by atoms with Gasteiger partial charge in [0.1, 0.15) is 23.4 Å². The molecule has 1 aliphatic rings. The van der Waals surface area contributed by atoms with Crippen LogP contribution in [0.25, 0.3) is 0 Å². The molecule has 1 saturated heterocycles. The van der Waals surface area contributed by atoms with Gasteiger partial charge in [-0.3, -0.25) is 4.79 Å². The second kappa shape index (κ2) is 8.16. The van der Waals surface area contributed by atoms with E-state index in [1.807, 2.05) is 0 Å². The van der Waals surface area contributed by atoms with Crippen molar-refractivity contribution in [2.24, 2.45) is 0 Å². The molecule has 1 heterocycles. The first-order chi connectivity index (χ1) is 13.4. The zero-order valence-corrected chi connectivity index (χ0v) is 15.9. The summed E-state index contributed by atoms with van der Waals surface area (Å²) in [7, 11) is 3.02. The van der Waals surface area contributed by atoms with Gasteiger partial charge in [-0.2, -0.15) is 0 Å². The van der Waals surface area contributed by atoms with Gasteiger partial charge in [-0.25, -0.2) is 9.18 Å². The van der Waals surface area contributed by atoms with Gasteiger partial charge in [-0.15, -0.1) is 0 Å². The zero-order valence-electron chi connectivity index (χ0n) is 15.9. The number of ether oxygens (including phenoxy) is 2. The van der Waals surface area contributed by atoms with E-state index in [4.69, 9.17) is 9.47 Å². The highest BCUT2D eigenvalue weighted by Gasteiger charge is 2.34. The van der Waals surface area contributed by atoms with Crippen molar-refractivity contribution in [3.8, 4) is 11.5 Å². The van der Waals surface area contributed by atoms with Crippen LogP contribution in [-0.2, 0) is 4.79 Å². The molecule has 7 nitrogen and oxygen atoms in total. The standard InChI is InChI=1S/C20H22FN3O4/c1-12-10-13(4-6-15(12)21)24-9-8-16(19(24)25)22-20(26)23-17-11-14(27-2)5-7-18(17)28-3/h4-7,10-11,16H,8-9H2,1-3H3,(H2,22,23,26). The van der Waals surface area contributed by atoms with E-state index >= 15 is 0 Å². The molecule has 3 rings (SSSR count). The molecule has 2 N–H and O–H groups in total. The largest absolute Gasteiger partial charge is 0.497 e. The Bertz CT molecular complexity index is 903. The first-order valence-corrected chi connectivity index (χ1v) is 8.80. The van der Waals surface area contributed by atoms with Crippen LogP contribution in [-0.4, -0.2) is 38.7 Å². The fourth-order valence-corrected chi connectivity index (χ4v) is 3.10. The van der Waals surface area contributed by atoms with Gasteiger partial charge in [-0.1, -0.05) is 0 Å². The lowest BCUT2D eigenvalue weighted by Crippen LogP contribution is -2.43. The average molecular weight is 387 g/mol. The van der Waals surface area contributed by atoms with Crippen LogP contribution in [0.15, 0.2) is 36.4 Å². The van der Waals surface area contributed by atoms with E-state index in [9.17, 15) is 14.0 Å². The van der Waals surface area contributed by atoms with Crippen LogP contribution in [0.4, 0.5) is 20.6 Å². The molecule has 0 bridgehead atoms. The summed E-state index contributed by atoms with van der Waals surface area (Å²) >= 11 is 0. The van der Waals surface area contributed by atoms with Crippen LogP contribution in [0, 0.1) is 12.7 Å². The summed E-state index contributed by atoms with van der Waals surface area (Å²) in [6, 6.07) is 8.34. The van der Waals surface area contributed by atoms with Crippen molar-refractivity contribution in [3.05, 3.63) is 47.8 Å². The maximum atomic E-state index is 13.5. The third-order valence-electron chi connectivity index (χ3n) is 4.62. The number of carbonyl (C=O) groups is 2. The Morgan fingerprint density at radius 2 is 1.96 bits per heavy atom. The van der Waals surface area contributed by atoms with E-state index in [0.717, 1.165) is 0 Å². The van der Waals surface area contributed by atoms with E-state index in [1.54, 1.807) is 42.2 Å². The molecule has 0 aliphatic carbocycles. The molecule has 1 fully saturated rings. The van der Waals surface area contributed by atoms with Crippen LogP contribution in [0.3, 0.4) is 0 Å². The molecule has 3 amide bonds. The van der Waals surface area contributed by atoms with E-state index in [-0.39, 0.29) is 11.7 Å².